The number of nitrogens with one attached hydrogen (secondary N) is 3. The smallest absolute Gasteiger partial charge is 0.240 e. The molecule has 8 heteroatoms. The molecule has 0 spiro atoms. The highest BCUT2D eigenvalue weighted by atomic mass is 32.2. The summed E-state index contributed by atoms with van der Waals surface area (Å²) < 4.78 is 34.7. The van der Waals surface area contributed by atoms with Crippen molar-refractivity contribution < 1.29 is 17.9 Å². The van der Waals surface area contributed by atoms with Gasteiger partial charge < -0.3 is 15.4 Å². The Morgan fingerprint density at radius 3 is 1.93 bits per heavy atom. The SMILES string of the molecule is O=C(NCC(c1ccccc1)c1ccccc1)C1CNCC(NS(=O)(=O)c2ccc(Oc3ccccc3)cc2)C1. The minimum absolute atomic E-state index is 0.0195. The second-order valence-corrected chi connectivity index (χ2v) is 11.6. The highest BCUT2D eigenvalue weighted by molar-refractivity contribution is 7.89. The first-order valence-electron chi connectivity index (χ1n) is 13.4. The summed E-state index contributed by atoms with van der Waals surface area (Å²) in [6.07, 6.45) is 0.411. The van der Waals surface area contributed by atoms with Crippen LogP contribution in [0.5, 0.6) is 11.5 Å². The van der Waals surface area contributed by atoms with E-state index in [2.05, 4.69) is 39.6 Å². The van der Waals surface area contributed by atoms with Gasteiger partial charge in [-0.15, -0.1) is 0 Å². The normalized spacial score (nSPS) is 17.3. The Hall–Kier alpha value is -3.98. The molecule has 0 radical (unpaired) electrons. The molecule has 1 heterocycles. The molecule has 1 aliphatic rings. The molecule has 0 aliphatic carbocycles. The van der Waals surface area contributed by atoms with E-state index in [0.29, 0.717) is 37.6 Å². The first kappa shape index (κ1) is 27.6. The lowest BCUT2D eigenvalue weighted by molar-refractivity contribution is -0.125. The van der Waals surface area contributed by atoms with Crippen LogP contribution in [0.25, 0.3) is 0 Å². The second kappa shape index (κ2) is 12.9. The third-order valence-electron chi connectivity index (χ3n) is 7.04. The van der Waals surface area contributed by atoms with E-state index in [4.69, 9.17) is 4.74 Å². The number of carbonyl (C=O) groups excluding carboxylic acids is 1. The van der Waals surface area contributed by atoms with Crippen molar-refractivity contribution in [2.75, 3.05) is 19.6 Å². The number of amides is 1. The lowest BCUT2D eigenvalue weighted by Crippen LogP contribution is -2.52. The fraction of sp³-hybridized carbons (Fsp3) is 0.219. The highest BCUT2D eigenvalue weighted by Gasteiger charge is 2.30. The maximum atomic E-state index is 13.2. The van der Waals surface area contributed by atoms with Crippen LogP contribution in [0.15, 0.2) is 120 Å². The molecule has 2 atom stereocenters. The number of para-hydroxylation sites is 1. The number of hydrogen-bond acceptors (Lipinski definition) is 5. The first-order valence-corrected chi connectivity index (χ1v) is 14.9. The second-order valence-electron chi connectivity index (χ2n) is 9.91. The summed E-state index contributed by atoms with van der Waals surface area (Å²) in [5.74, 6) is 0.801. The van der Waals surface area contributed by atoms with E-state index in [-0.39, 0.29) is 22.6 Å². The Bertz CT molecular complexity index is 1440. The van der Waals surface area contributed by atoms with Crippen molar-refractivity contribution in [3.63, 3.8) is 0 Å². The van der Waals surface area contributed by atoms with E-state index >= 15 is 0 Å². The molecule has 40 heavy (non-hydrogen) atoms. The van der Waals surface area contributed by atoms with Crippen LogP contribution in [0.3, 0.4) is 0 Å². The van der Waals surface area contributed by atoms with Crippen LogP contribution < -0.4 is 20.1 Å². The van der Waals surface area contributed by atoms with Gasteiger partial charge in [-0.05, 0) is 53.9 Å². The molecule has 3 N–H and O–H groups in total. The van der Waals surface area contributed by atoms with Crippen LogP contribution in [0.1, 0.15) is 23.5 Å². The first-order chi connectivity index (χ1) is 19.5. The van der Waals surface area contributed by atoms with E-state index in [9.17, 15) is 13.2 Å². The maximum absolute atomic E-state index is 13.2. The number of hydrogen-bond donors (Lipinski definition) is 3. The van der Waals surface area contributed by atoms with Gasteiger partial charge in [0.15, 0.2) is 0 Å². The Balaban J connectivity index is 1.18. The van der Waals surface area contributed by atoms with Gasteiger partial charge in [0, 0.05) is 31.6 Å². The largest absolute Gasteiger partial charge is 0.457 e. The third-order valence-corrected chi connectivity index (χ3v) is 8.58. The van der Waals surface area contributed by atoms with E-state index < -0.39 is 16.1 Å². The molecular formula is C32H33N3O4S. The minimum atomic E-state index is -3.77. The summed E-state index contributed by atoms with van der Waals surface area (Å²) in [6, 6.07) is 35.4. The summed E-state index contributed by atoms with van der Waals surface area (Å²) in [4.78, 5) is 13.3. The van der Waals surface area contributed by atoms with Gasteiger partial charge in [-0.1, -0.05) is 78.9 Å². The number of piperidine rings is 1. The molecule has 1 aliphatic heterocycles. The van der Waals surface area contributed by atoms with Crippen molar-refractivity contribution >= 4 is 15.9 Å². The van der Waals surface area contributed by atoms with Crippen LogP contribution in [0.2, 0.25) is 0 Å². The molecular weight excluding hydrogens is 522 g/mol. The fourth-order valence-electron chi connectivity index (χ4n) is 4.98. The van der Waals surface area contributed by atoms with E-state index in [0.717, 1.165) is 11.1 Å². The van der Waals surface area contributed by atoms with Crippen LogP contribution in [0, 0.1) is 5.92 Å². The maximum Gasteiger partial charge on any atom is 0.240 e. The zero-order valence-corrected chi connectivity index (χ0v) is 22.9. The quantitative estimate of drug-likeness (QED) is 0.264. The van der Waals surface area contributed by atoms with Gasteiger partial charge in [-0.2, -0.15) is 0 Å². The number of ether oxygens (including phenoxy) is 1. The Labute approximate surface area is 235 Å². The van der Waals surface area contributed by atoms with Crippen LogP contribution in [-0.2, 0) is 14.8 Å². The third kappa shape index (κ3) is 7.15. The van der Waals surface area contributed by atoms with E-state index in [1.807, 2.05) is 66.7 Å². The van der Waals surface area contributed by atoms with Crippen LogP contribution in [-0.4, -0.2) is 40.0 Å². The monoisotopic (exact) mass is 555 g/mol. The van der Waals surface area contributed by atoms with Crippen molar-refractivity contribution in [3.8, 4) is 11.5 Å². The minimum Gasteiger partial charge on any atom is -0.457 e. The molecule has 2 unspecified atom stereocenters. The zero-order chi connectivity index (χ0) is 27.8. The molecule has 0 bridgehead atoms. The number of carbonyl (C=O) groups is 1. The average molecular weight is 556 g/mol. The number of rotatable bonds is 10. The molecule has 5 rings (SSSR count). The predicted molar refractivity (Wildman–Crippen MR) is 156 cm³/mol. The Morgan fingerprint density at radius 2 is 1.32 bits per heavy atom. The lowest BCUT2D eigenvalue weighted by atomic mass is 9.90. The topological polar surface area (TPSA) is 96.5 Å². The fourth-order valence-corrected chi connectivity index (χ4v) is 6.23. The van der Waals surface area contributed by atoms with Crippen molar-refractivity contribution in [1.82, 2.24) is 15.4 Å². The van der Waals surface area contributed by atoms with Gasteiger partial charge in [0.25, 0.3) is 0 Å². The molecule has 0 aromatic heterocycles. The predicted octanol–water partition coefficient (Wildman–Crippen LogP) is 4.68. The average Bonchev–Trinajstić information content (AvgIpc) is 2.99. The molecule has 1 amide bonds. The molecule has 4 aromatic rings. The lowest BCUT2D eigenvalue weighted by Gasteiger charge is -2.30. The van der Waals surface area contributed by atoms with E-state index in [1.165, 1.54) is 12.1 Å². The molecule has 7 nitrogen and oxygen atoms in total. The van der Waals surface area contributed by atoms with Gasteiger partial charge in [-0.3, -0.25) is 4.79 Å². The van der Waals surface area contributed by atoms with Crippen LogP contribution >= 0.6 is 0 Å². The summed E-state index contributed by atoms with van der Waals surface area (Å²) in [6.45, 7) is 1.41. The summed E-state index contributed by atoms with van der Waals surface area (Å²) in [5.41, 5.74) is 2.25. The Kier molecular flexibility index (Phi) is 8.91. The summed E-state index contributed by atoms with van der Waals surface area (Å²) in [7, 11) is -3.77. The number of benzene rings is 4. The molecule has 4 aromatic carbocycles. The van der Waals surface area contributed by atoms with Crippen molar-refractivity contribution in [3.05, 3.63) is 126 Å². The van der Waals surface area contributed by atoms with Gasteiger partial charge in [-0.25, -0.2) is 13.1 Å². The highest BCUT2D eigenvalue weighted by Crippen LogP contribution is 2.25. The molecule has 206 valence electrons. The number of sulfonamides is 1. The van der Waals surface area contributed by atoms with Crippen molar-refractivity contribution in [2.24, 2.45) is 5.92 Å². The summed E-state index contributed by atoms with van der Waals surface area (Å²) in [5, 5.41) is 6.34. The van der Waals surface area contributed by atoms with Gasteiger partial charge in [0.05, 0.1) is 10.8 Å². The van der Waals surface area contributed by atoms with E-state index in [1.54, 1.807) is 12.1 Å². The summed E-state index contributed by atoms with van der Waals surface area (Å²) >= 11 is 0. The van der Waals surface area contributed by atoms with Crippen molar-refractivity contribution in [1.29, 1.82) is 0 Å². The van der Waals surface area contributed by atoms with Crippen LogP contribution in [0.4, 0.5) is 0 Å². The standard InChI is InChI=1S/C32H33N3O4S/c36-32(34-23-31(24-10-4-1-5-11-24)25-12-6-2-7-13-25)26-20-27(22-33-21-26)35-40(37,38)30-18-16-29(17-19-30)39-28-14-8-3-9-15-28/h1-19,26-27,31,33,35H,20-23H2,(H,34,36). The Morgan fingerprint density at radius 1 is 0.775 bits per heavy atom. The van der Waals surface area contributed by atoms with Gasteiger partial charge in [0.1, 0.15) is 11.5 Å². The molecule has 0 saturated carbocycles. The molecule has 1 saturated heterocycles. The zero-order valence-electron chi connectivity index (χ0n) is 22.1. The van der Waals surface area contributed by atoms with Crippen molar-refractivity contribution in [2.45, 2.75) is 23.3 Å². The van der Waals surface area contributed by atoms with Gasteiger partial charge >= 0.3 is 0 Å². The molecule has 1 fully saturated rings. The van der Waals surface area contributed by atoms with Gasteiger partial charge in [0.2, 0.25) is 15.9 Å².